The lowest BCUT2D eigenvalue weighted by atomic mass is 10.2. The van der Waals surface area contributed by atoms with Crippen LogP contribution in [0.15, 0.2) is 18.3 Å². The van der Waals surface area contributed by atoms with E-state index in [9.17, 15) is 4.79 Å². The maximum Gasteiger partial charge on any atom is 0.272 e. The van der Waals surface area contributed by atoms with Crippen LogP contribution in [0.25, 0.3) is 0 Å². The number of ether oxygens (including phenoxy) is 1. The van der Waals surface area contributed by atoms with Crippen molar-refractivity contribution in [3.63, 3.8) is 0 Å². The molecule has 1 rings (SSSR count). The van der Waals surface area contributed by atoms with Crippen LogP contribution in [0.5, 0.6) is 0 Å². The molecule has 0 aromatic carbocycles. The molecule has 0 saturated carbocycles. The predicted octanol–water partition coefficient (Wildman–Crippen LogP) is 0.922. The fourth-order valence-corrected chi connectivity index (χ4v) is 1.87. The van der Waals surface area contributed by atoms with Crippen LogP contribution in [0.1, 0.15) is 29.9 Å². The van der Waals surface area contributed by atoms with Crippen molar-refractivity contribution >= 4 is 5.91 Å². The molecule has 0 fully saturated rings. The zero-order chi connectivity index (χ0) is 15.0. The lowest BCUT2D eigenvalue weighted by Gasteiger charge is -2.27. The number of aliphatic hydroxyl groups excluding tert-OH is 1. The van der Waals surface area contributed by atoms with Gasteiger partial charge in [0.2, 0.25) is 0 Å². The Morgan fingerprint density at radius 2 is 2.30 bits per heavy atom. The minimum Gasteiger partial charge on any atom is -0.384 e. The maximum atomic E-state index is 12.3. The zero-order valence-corrected chi connectivity index (χ0v) is 12.1. The first-order valence-corrected chi connectivity index (χ1v) is 6.49. The summed E-state index contributed by atoms with van der Waals surface area (Å²) in [5.41, 5.74) is 1.05. The summed E-state index contributed by atoms with van der Waals surface area (Å²) in [5, 5.41) is 8.62. The monoisotopic (exact) mass is 276 g/mol. The summed E-state index contributed by atoms with van der Waals surface area (Å²) >= 11 is 0. The molecule has 1 heterocycles. The van der Waals surface area contributed by atoms with Crippen molar-refractivity contribution in [1.82, 2.24) is 9.88 Å². The molecule has 0 spiro atoms. The Labute approximate surface area is 119 Å². The molecule has 1 aromatic rings. The van der Waals surface area contributed by atoms with Gasteiger partial charge in [-0.25, -0.2) is 4.98 Å². The van der Waals surface area contributed by atoms with E-state index in [1.54, 1.807) is 24.1 Å². The third kappa shape index (κ3) is 4.34. The zero-order valence-electron chi connectivity index (χ0n) is 12.1. The highest BCUT2D eigenvalue weighted by Crippen LogP contribution is 2.07. The van der Waals surface area contributed by atoms with Gasteiger partial charge in [-0.15, -0.1) is 0 Å². The van der Waals surface area contributed by atoms with Crippen molar-refractivity contribution < 1.29 is 14.6 Å². The predicted molar refractivity (Wildman–Crippen MR) is 76.2 cm³/mol. The van der Waals surface area contributed by atoms with Gasteiger partial charge in [0.25, 0.3) is 5.91 Å². The number of pyridine rings is 1. The van der Waals surface area contributed by atoms with E-state index in [-0.39, 0.29) is 18.6 Å². The summed E-state index contributed by atoms with van der Waals surface area (Å²) in [6, 6.07) is 3.36. The molecule has 1 atom stereocenters. The van der Waals surface area contributed by atoms with E-state index in [2.05, 4.69) is 16.8 Å². The van der Waals surface area contributed by atoms with Gasteiger partial charge < -0.3 is 14.7 Å². The molecule has 20 heavy (non-hydrogen) atoms. The fraction of sp³-hybridized carbons (Fsp3) is 0.467. The van der Waals surface area contributed by atoms with Gasteiger partial charge in [-0.05, 0) is 26.0 Å². The van der Waals surface area contributed by atoms with Gasteiger partial charge in [0.1, 0.15) is 12.3 Å². The molecule has 0 aliphatic rings. The highest BCUT2D eigenvalue weighted by Gasteiger charge is 2.20. The Hall–Kier alpha value is -1.90. The van der Waals surface area contributed by atoms with E-state index < -0.39 is 0 Å². The summed E-state index contributed by atoms with van der Waals surface area (Å²) in [6.45, 7) is 4.74. The molecule has 0 aliphatic heterocycles. The summed E-state index contributed by atoms with van der Waals surface area (Å²) in [4.78, 5) is 18.2. The highest BCUT2D eigenvalue weighted by atomic mass is 16.5. The van der Waals surface area contributed by atoms with Gasteiger partial charge in [0.05, 0.1) is 12.6 Å². The van der Waals surface area contributed by atoms with Crippen molar-refractivity contribution in [2.45, 2.75) is 19.9 Å². The second-order valence-corrected chi connectivity index (χ2v) is 4.29. The first-order valence-electron chi connectivity index (χ1n) is 6.49. The molecule has 0 radical (unpaired) electrons. The second-order valence-electron chi connectivity index (χ2n) is 4.29. The molecule has 1 amide bonds. The molecule has 0 aliphatic carbocycles. The van der Waals surface area contributed by atoms with Crippen LogP contribution >= 0.6 is 0 Å². The van der Waals surface area contributed by atoms with E-state index in [1.807, 2.05) is 13.8 Å². The number of amides is 1. The van der Waals surface area contributed by atoms with Gasteiger partial charge in [0, 0.05) is 25.4 Å². The first kappa shape index (κ1) is 16.2. The first-order chi connectivity index (χ1) is 9.63. The number of carbonyl (C=O) groups excluding carboxylic acids is 1. The van der Waals surface area contributed by atoms with Crippen molar-refractivity contribution in [1.29, 1.82) is 0 Å². The fourth-order valence-electron chi connectivity index (χ4n) is 1.87. The molecule has 5 heteroatoms. The Balaban J connectivity index is 2.85. The standard InChI is InChI=1S/C15H20N2O3/c1-4-17(12(2)11-20-3)15(19)14-8-7-13(10-16-14)6-5-9-18/h7-8,10,12,18H,4,9,11H2,1-3H3. The SMILES string of the molecule is CCN(C(=O)c1ccc(C#CCO)cn1)C(C)COC. The Kier molecular flexibility index (Phi) is 6.71. The molecule has 1 aromatic heterocycles. The second kappa shape index (κ2) is 8.31. The smallest absolute Gasteiger partial charge is 0.272 e. The van der Waals surface area contributed by atoms with Crippen LogP contribution in [0.3, 0.4) is 0 Å². The molecule has 0 saturated heterocycles. The Morgan fingerprint density at radius 1 is 1.55 bits per heavy atom. The number of carbonyl (C=O) groups is 1. The number of aromatic nitrogens is 1. The van der Waals surface area contributed by atoms with Gasteiger partial charge in [-0.2, -0.15) is 0 Å². The number of rotatable bonds is 5. The average Bonchev–Trinajstić information content (AvgIpc) is 2.46. The van der Waals surface area contributed by atoms with Crippen LogP contribution in [-0.2, 0) is 4.74 Å². The van der Waals surface area contributed by atoms with Crippen LogP contribution in [0, 0.1) is 11.8 Å². The number of aliphatic hydroxyl groups is 1. The minimum atomic E-state index is -0.196. The molecule has 5 nitrogen and oxygen atoms in total. The summed E-state index contributed by atoms with van der Waals surface area (Å²) in [5.74, 6) is 5.15. The van der Waals surface area contributed by atoms with E-state index in [0.717, 1.165) is 0 Å². The molecule has 108 valence electrons. The van der Waals surface area contributed by atoms with Crippen LogP contribution < -0.4 is 0 Å². The minimum absolute atomic E-state index is 0.00634. The van der Waals surface area contributed by atoms with E-state index in [1.165, 1.54) is 6.20 Å². The van der Waals surface area contributed by atoms with E-state index in [4.69, 9.17) is 9.84 Å². The van der Waals surface area contributed by atoms with Crippen molar-refractivity contribution in [2.24, 2.45) is 0 Å². The molecule has 1 unspecified atom stereocenters. The maximum absolute atomic E-state index is 12.3. The van der Waals surface area contributed by atoms with Gasteiger partial charge in [-0.3, -0.25) is 4.79 Å². The van der Waals surface area contributed by atoms with Gasteiger partial charge in [-0.1, -0.05) is 11.8 Å². The summed E-state index contributed by atoms with van der Waals surface area (Å²) < 4.78 is 5.08. The topological polar surface area (TPSA) is 62.7 Å². The Morgan fingerprint density at radius 3 is 2.80 bits per heavy atom. The van der Waals surface area contributed by atoms with Crippen LogP contribution in [0.2, 0.25) is 0 Å². The quantitative estimate of drug-likeness (QED) is 0.812. The lowest BCUT2D eigenvalue weighted by Crippen LogP contribution is -2.41. The van der Waals surface area contributed by atoms with Crippen LogP contribution in [0.4, 0.5) is 0 Å². The normalized spacial score (nSPS) is 11.4. The van der Waals surface area contributed by atoms with Crippen molar-refractivity contribution in [3.05, 3.63) is 29.6 Å². The van der Waals surface area contributed by atoms with Crippen molar-refractivity contribution in [2.75, 3.05) is 26.9 Å². The molecular weight excluding hydrogens is 256 g/mol. The lowest BCUT2D eigenvalue weighted by molar-refractivity contribution is 0.0573. The molecule has 1 N–H and O–H groups in total. The summed E-state index contributed by atoms with van der Waals surface area (Å²) in [6.07, 6.45) is 1.53. The third-order valence-corrected chi connectivity index (χ3v) is 2.84. The Bertz CT molecular complexity index is 488. The number of methoxy groups -OCH3 is 1. The third-order valence-electron chi connectivity index (χ3n) is 2.84. The summed E-state index contributed by atoms with van der Waals surface area (Å²) in [7, 11) is 1.61. The van der Waals surface area contributed by atoms with E-state index >= 15 is 0 Å². The highest BCUT2D eigenvalue weighted by molar-refractivity contribution is 5.92. The molecular formula is C15H20N2O3. The van der Waals surface area contributed by atoms with Gasteiger partial charge in [0.15, 0.2) is 0 Å². The average molecular weight is 276 g/mol. The van der Waals surface area contributed by atoms with E-state index in [0.29, 0.717) is 24.4 Å². The number of likely N-dealkylation sites (N-methyl/N-ethyl adjacent to an activating group) is 1. The van der Waals surface area contributed by atoms with Crippen LogP contribution in [-0.4, -0.2) is 53.8 Å². The molecule has 0 bridgehead atoms. The van der Waals surface area contributed by atoms with Crippen molar-refractivity contribution in [3.8, 4) is 11.8 Å². The number of hydrogen-bond acceptors (Lipinski definition) is 4. The number of nitrogens with zero attached hydrogens (tertiary/aromatic N) is 2. The van der Waals surface area contributed by atoms with Gasteiger partial charge >= 0.3 is 0 Å². The number of hydrogen-bond donors (Lipinski definition) is 1. The largest absolute Gasteiger partial charge is 0.384 e.